The standard InChI is InChI=1S/C20H15F2N3O3S/c1-27-12-3-5-15-17(9-12)29-20(24-15)25-18(26)6-7-19-23-10-16(28-19)13-4-2-11(21)8-14(13)22/h2-5,8-10H,6-7H2,1H3,(H,24,25,26). The Kier molecular flexibility index (Phi) is 5.22. The van der Waals surface area contributed by atoms with Gasteiger partial charge in [-0.15, -0.1) is 0 Å². The van der Waals surface area contributed by atoms with Gasteiger partial charge in [0.2, 0.25) is 5.91 Å². The van der Waals surface area contributed by atoms with Crippen molar-refractivity contribution in [1.29, 1.82) is 0 Å². The number of nitrogens with zero attached hydrogens (tertiary/aromatic N) is 2. The summed E-state index contributed by atoms with van der Waals surface area (Å²) in [6.07, 6.45) is 1.70. The van der Waals surface area contributed by atoms with Crippen molar-refractivity contribution in [3.05, 3.63) is 60.1 Å². The number of ether oxygens (including phenoxy) is 1. The van der Waals surface area contributed by atoms with Crippen LogP contribution in [0, 0.1) is 11.6 Å². The summed E-state index contributed by atoms with van der Waals surface area (Å²) in [6, 6.07) is 8.68. The molecule has 0 bridgehead atoms. The number of carbonyl (C=O) groups excluding carboxylic acids is 1. The van der Waals surface area contributed by atoms with Gasteiger partial charge in [-0.3, -0.25) is 4.79 Å². The molecule has 2 aromatic heterocycles. The molecule has 2 heterocycles. The number of methoxy groups -OCH3 is 1. The van der Waals surface area contributed by atoms with Gasteiger partial charge in [-0.25, -0.2) is 18.7 Å². The van der Waals surface area contributed by atoms with E-state index in [0.717, 1.165) is 28.1 Å². The molecule has 0 atom stereocenters. The van der Waals surface area contributed by atoms with Crippen LogP contribution in [0.2, 0.25) is 0 Å². The summed E-state index contributed by atoms with van der Waals surface area (Å²) in [5, 5.41) is 3.24. The maximum Gasteiger partial charge on any atom is 0.226 e. The Bertz CT molecular complexity index is 1190. The fraction of sp³-hybridized carbons (Fsp3) is 0.150. The zero-order chi connectivity index (χ0) is 20.4. The predicted octanol–water partition coefficient (Wildman–Crippen LogP) is 4.81. The van der Waals surface area contributed by atoms with Crippen LogP contribution in [0.3, 0.4) is 0 Å². The van der Waals surface area contributed by atoms with Gasteiger partial charge in [-0.2, -0.15) is 0 Å². The van der Waals surface area contributed by atoms with Crippen molar-refractivity contribution in [1.82, 2.24) is 9.97 Å². The number of anilines is 1. The second-order valence-corrected chi connectivity index (χ2v) is 7.17. The molecule has 0 saturated heterocycles. The molecule has 1 N–H and O–H groups in total. The molecule has 0 aliphatic carbocycles. The van der Waals surface area contributed by atoms with Crippen LogP contribution < -0.4 is 10.1 Å². The number of aryl methyl sites for hydroxylation is 1. The first-order chi connectivity index (χ1) is 14.0. The third-order valence-corrected chi connectivity index (χ3v) is 5.09. The Hall–Kier alpha value is -3.33. The third-order valence-electron chi connectivity index (χ3n) is 4.16. The molecule has 1 amide bonds. The van der Waals surface area contributed by atoms with E-state index in [4.69, 9.17) is 9.15 Å². The number of thiazole rings is 1. The number of amides is 1. The van der Waals surface area contributed by atoms with Crippen molar-refractivity contribution in [3.8, 4) is 17.1 Å². The van der Waals surface area contributed by atoms with Crippen LogP contribution in [0.25, 0.3) is 21.5 Å². The first-order valence-electron chi connectivity index (χ1n) is 8.66. The van der Waals surface area contributed by atoms with Crippen molar-refractivity contribution < 1.29 is 22.7 Å². The van der Waals surface area contributed by atoms with Crippen LogP contribution in [0.1, 0.15) is 12.3 Å². The van der Waals surface area contributed by atoms with E-state index in [2.05, 4.69) is 15.3 Å². The van der Waals surface area contributed by atoms with Gasteiger partial charge >= 0.3 is 0 Å². The number of halogens is 2. The molecule has 0 aliphatic rings. The van der Waals surface area contributed by atoms with Gasteiger partial charge < -0.3 is 14.5 Å². The average Bonchev–Trinajstić information content (AvgIpc) is 3.32. The summed E-state index contributed by atoms with van der Waals surface area (Å²) in [6.45, 7) is 0. The van der Waals surface area contributed by atoms with Gasteiger partial charge in [-0.1, -0.05) is 11.3 Å². The summed E-state index contributed by atoms with van der Waals surface area (Å²) in [5.41, 5.74) is 0.879. The van der Waals surface area contributed by atoms with Gasteiger partial charge in [0.05, 0.1) is 29.1 Å². The van der Waals surface area contributed by atoms with E-state index < -0.39 is 11.6 Å². The molecule has 4 rings (SSSR count). The molecule has 148 valence electrons. The normalized spacial score (nSPS) is 11.0. The second-order valence-electron chi connectivity index (χ2n) is 6.14. The van der Waals surface area contributed by atoms with Gasteiger partial charge in [0, 0.05) is 18.9 Å². The summed E-state index contributed by atoms with van der Waals surface area (Å²) < 4.78 is 38.4. The fourth-order valence-corrected chi connectivity index (χ4v) is 3.64. The molecule has 2 aromatic carbocycles. The predicted molar refractivity (Wildman–Crippen MR) is 105 cm³/mol. The smallest absolute Gasteiger partial charge is 0.226 e. The minimum Gasteiger partial charge on any atom is -0.497 e. The lowest BCUT2D eigenvalue weighted by atomic mass is 10.2. The molecule has 0 unspecified atom stereocenters. The highest BCUT2D eigenvalue weighted by Gasteiger charge is 2.14. The van der Waals surface area contributed by atoms with Crippen LogP contribution in [0.4, 0.5) is 13.9 Å². The van der Waals surface area contributed by atoms with E-state index in [0.29, 0.717) is 5.13 Å². The van der Waals surface area contributed by atoms with Crippen molar-refractivity contribution in [2.24, 2.45) is 0 Å². The molecule has 4 aromatic rings. The largest absolute Gasteiger partial charge is 0.497 e. The van der Waals surface area contributed by atoms with Crippen molar-refractivity contribution in [2.75, 3.05) is 12.4 Å². The highest BCUT2D eigenvalue weighted by Crippen LogP contribution is 2.29. The van der Waals surface area contributed by atoms with E-state index in [1.165, 1.54) is 23.6 Å². The first kappa shape index (κ1) is 19.0. The molecule has 6 nitrogen and oxygen atoms in total. The van der Waals surface area contributed by atoms with Crippen LogP contribution in [-0.2, 0) is 11.2 Å². The van der Waals surface area contributed by atoms with Crippen molar-refractivity contribution in [2.45, 2.75) is 12.8 Å². The summed E-state index contributed by atoms with van der Waals surface area (Å²) >= 11 is 1.35. The summed E-state index contributed by atoms with van der Waals surface area (Å²) in [5.74, 6) is -0.472. The van der Waals surface area contributed by atoms with Crippen molar-refractivity contribution in [3.63, 3.8) is 0 Å². The quantitative estimate of drug-likeness (QED) is 0.489. The number of fused-ring (bicyclic) bond motifs is 1. The monoisotopic (exact) mass is 415 g/mol. The lowest BCUT2D eigenvalue weighted by Gasteiger charge is -2.00. The molecular weight excluding hydrogens is 400 g/mol. The molecule has 0 saturated carbocycles. The van der Waals surface area contributed by atoms with Crippen LogP contribution in [0.5, 0.6) is 5.75 Å². The van der Waals surface area contributed by atoms with E-state index in [-0.39, 0.29) is 36.0 Å². The van der Waals surface area contributed by atoms with E-state index in [9.17, 15) is 13.6 Å². The van der Waals surface area contributed by atoms with Crippen LogP contribution in [-0.4, -0.2) is 23.0 Å². The molecule has 9 heteroatoms. The Morgan fingerprint density at radius 1 is 1.24 bits per heavy atom. The van der Waals surface area contributed by atoms with E-state index in [1.807, 2.05) is 12.1 Å². The molecule has 0 aliphatic heterocycles. The minimum atomic E-state index is -0.738. The van der Waals surface area contributed by atoms with Crippen LogP contribution >= 0.6 is 11.3 Å². The lowest BCUT2D eigenvalue weighted by molar-refractivity contribution is -0.116. The van der Waals surface area contributed by atoms with Gasteiger partial charge in [0.15, 0.2) is 16.8 Å². The number of rotatable bonds is 6. The number of aromatic nitrogens is 2. The summed E-state index contributed by atoms with van der Waals surface area (Å²) in [7, 11) is 1.59. The highest BCUT2D eigenvalue weighted by molar-refractivity contribution is 7.22. The maximum atomic E-state index is 13.8. The average molecular weight is 415 g/mol. The van der Waals surface area contributed by atoms with Gasteiger partial charge in [-0.05, 0) is 30.3 Å². The SMILES string of the molecule is COc1ccc2nc(NC(=O)CCc3ncc(-c4ccc(F)cc4F)o3)sc2c1. The molecule has 0 radical (unpaired) electrons. The number of oxazole rings is 1. The Balaban J connectivity index is 1.38. The van der Waals surface area contributed by atoms with E-state index >= 15 is 0 Å². The van der Waals surface area contributed by atoms with E-state index in [1.54, 1.807) is 13.2 Å². The Morgan fingerprint density at radius 2 is 2.10 bits per heavy atom. The minimum absolute atomic E-state index is 0.111. The van der Waals surface area contributed by atoms with Gasteiger partial charge in [0.25, 0.3) is 0 Å². The number of hydrogen-bond donors (Lipinski definition) is 1. The fourth-order valence-electron chi connectivity index (χ4n) is 2.73. The molecule has 0 fully saturated rings. The number of nitrogens with one attached hydrogen (secondary N) is 1. The molecular formula is C20H15F2N3O3S. The Labute approximate surface area is 168 Å². The molecule has 29 heavy (non-hydrogen) atoms. The first-order valence-corrected chi connectivity index (χ1v) is 9.48. The van der Waals surface area contributed by atoms with Gasteiger partial charge in [0.1, 0.15) is 17.4 Å². The maximum absolute atomic E-state index is 13.8. The number of hydrogen-bond acceptors (Lipinski definition) is 6. The van der Waals surface area contributed by atoms with Crippen molar-refractivity contribution >= 4 is 32.6 Å². The number of carbonyl (C=O) groups is 1. The second kappa shape index (κ2) is 7.96. The topological polar surface area (TPSA) is 77.2 Å². The zero-order valence-electron chi connectivity index (χ0n) is 15.2. The molecule has 0 spiro atoms. The zero-order valence-corrected chi connectivity index (χ0v) is 16.1. The number of benzene rings is 2. The van der Waals surface area contributed by atoms with Crippen LogP contribution in [0.15, 0.2) is 47.0 Å². The highest BCUT2D eigenvalue weighted by atomic mass is 32.1. The third kappa shape index (κ3) is 4.24. The lowest BCUT2D eigenvalue weighted by Crippen LogP contribution is -2.12. The Morgan fingerprint density at radius 3 is 2.90 bits per heavy atom. The summed E-state index contributed by atoms with van der Waals surface area (Å²) in [4.78, 5) is 20.6.